The summed E-state index contributed by atoms with van der Waals surface area (Å²) in [5.41, 5.74) is 0.352. The summed E-state index contributed by atoms with van der Waals surface area (Å²) in [6.45, 7) is 10.2. The summed E-state index contributed by atoms with van der Waals surface area (Å²) < 4.78 is 5.27. The zero-order valence-corrected chi connectivity index (χ0v) is 10.8. The quantitative estimate of drug-likeness (QED) is 0.558. The Morgan fingerprint density at radius 1 is 1.35 bits per heavy atom. The second kappa shape index (κ2) is 6.14. The van der Waals surface area contributed by atoms with E-state index in [1.807, 2.05) is 4.90 Å². The van der Waals surface area contributed by atoms with Crippen LogP contribution < -0.4 is 0 Å². The standard InChI is InChI=1S/C12H22N2O3/c1-9(2)12(16)17-11(10(3)15)14-7-5-13(4)6-8-14/h10-11,15H,1,5-8H2,2-4H3. The van der Waals surface area contributed by atoms with E-state index in [1.165, 1.54) is 0 Å². The number of rotatable bonds is 4. The molecule has 2 atom stereocenters. The third kappa shape index (κ3) is 4.11. The van der Waals surface area contributed by atoms with Crippen molar-refractivity contribution >= 4 is 5.97 Å². The summed E-state index contributed by atoms with van der Waals surface area (Å²) in [4.78, 5) is 15.7. The van der Waals surface area contributed by atoms with E-state index in [0.717, 1.165) is 26.2 Å². The van der Waals surface area contributed by atoms with Gasteiger partial charge in [-0.05, 0) is 20.9 Å². The van der Waals surface area contributed by atoms with Gasteiger partial charge in [0.15, 0.2) is 6.23 Å². The van der Waals surface area contributed by atoms with Gasteiger partial charge in [0.2, 0.25) is 0 Å². The van der Waals surface area contributed by atoms with Gasteiger partial charge >= 0.3 is 5.97 Å². The van der Waals surface area contributed by atoms with Crippen LogP contribution in [0.2, 0.25) is 0 Å². The summed E-state index contributed by atoms with van der Waals surface area (Å²) in [5.74, 6) is -0.449. The van der Waals surface area contributed by atoms with Gasteiger partial charge in [0.1, 0.15) is 6.10 Å². The van der Waals surface area contributed by atoms with Crippen LogP contribution >= 0.6 is 0 Å². The SMILES string of the molecule is C=C(C)C(=O)OC(C(C)O)N1CCN(C)CC1. The van der Waals surface area contributed by atoms with E-state index < -0.39 is 18.3 Å². The van der Waals surface area contributed by atoms with Gasteiger partial charge in [0.05, 0.1) is 0 Å². The average molecular weight is 242 g/mol. The Bertz CT molecular complexity index is 283. The number of hydrogen-bond acceptors (Lipinski definition) is 5. The molecule has 1 fully saturated rings. The normalized spacial score (nSPS) is 21.9. The second-order valence-corrected chi connectivity index (χ2v) is 4.66. The molecule has 98 valence electrons. The van der Waals surface area contributed by atoms with Crippen molar-refractivity contribution in [1.29, 1.82) is 0 Å². The van der Waals surface area contributed by atoms with Gasteiger partial charge in [-0.25, -0.2) is 4.79 Å². The minimum absolute atomic E-state index is 0.352. The predicted molar refractivity (Wildman–Crippen MR) is 65.4 cm³/mol. The average Bonchev–Trinajstić information content (AvgIpc) is 2.26. The molecule has 1 heterocycles. The number of likely N-dealkylation sites (N-methyl/N-ethyl adjacent to an activating group) is 1. The zero-order chi connectivity index (χ0) is 13.0. The number of carbonyl (C=O) groups excluding carboxylic acids is 1. The van der Waals surface area contributed by atoms with E-state index >= 15 is 0 Å². The summed E-state index contributed by atoms with van der Waals surface area (Å²) in [5, 5.41) is 9.70. The van der Waals surface area contributed by atoms with Crippen LogP contribution in [0.25, 0.3) is 0 Å². The van der Waals surface area contributed by atoms with Gasteiger partial charge in [-0.2, -0.15) is 0 Å². The molecule has 0 bridgehead atoms. The van der Waals surface area contributed by atoms with Gasteiger partial charge < -0.3 is 14.7 Å². The van der Waals surface area contributed by atoms with Crippen molar-refractivity contribution in [2.24, 2.45) is 0 Å². The van der Waals surface area contributed by atoms with E-state index in [0.29, 0.717) is 5.57 Å². The van der Waals surface area contributed by atoms with Crippen molar-refractivity contribution in [3.05, 3.63) is 12.2 Å². The third-order valence-corrected chi connectivity index (χ3v) is 2.89. The van der Waals surface area contributed by atoms with Gasteiger partial charge in [0, 0.05) is 31.8 Å². The van der Waals surface area contributed by atoms with Gasteiger partial charge in [0.25, 0.3) is 0 Å². The van der Waals surface area contributed by atoms with Crippen LogP contribution in [0.15, 0.2) is 12.2 Å². The van der Waals surface area contributed by atoms with Crippen LogP contribution in [0.3, 0.4) is 0 Å². The summed E-state index contributed by atoms with van der Waals surface area (Å²) in [6.07, 6.45) is -1.28. The first kappa shape index (κ1) is 14.2. The molecule has 1 aliphatic heterocycles. The predicted octanol–water partition coefficient (Wildman–Crippen LogP) is 0.0600. The molecule has 1 aliphatic rings. The summed E-state index contributed by atoms with van der Waals surface area (Å²) in [6, 6.07) is 0. The number of carbonyl (C=O) groups is 1. The number of aliphatic hydroxyl groups is 1. The fourth-order valence-corrected chi connectivity index (χ4v) is 1.76. The van der Waals surface area contributed by atoms with E-state index in [-0.39, 0.29) is 0 Å². The lowest BCUT2D eigenvalue weighted by molar-refractivity contribution is -0.168. The Morgan fingerprint density at radius 2 is 1.88 bits per heavy atom. The lowest BCUT2D eigenvalue weighted by Crippen LogP contribution is -2.53. The number of hydrogen-bond donors (Lipinski definition) is 1. The van der Waals surface area contributed by atoms with Gasteiger partial charge in [-0.15, -0.1) is 0 Å². The van der Waals surface area contributed by atoms with Crippen LogP contribution in [0, 0.1) is 0 Å². The largest absolute Gasteiger partial charge is 0.440 e. The van der Waals surface area contributed by atoms with E-state index in [1.54, 1.807) is 13.8 Å². The van der Waals surface area contributed by atoms with Crippen molar-refractivity contribution in [3.8, 4) is 0 Å². The molecule has 0 aliphatic carbocycles. The van der Waals surface area contributed by atoms with Crippen LogP contribution in [0.4, 0.5) is 0 Å². The molecule has 0 radical (unpaired) electrons. The van der Waals surface area contributed by atoms with Gasteiger partial charge in [-0.3, -0.25) is 4.90 Å². The topological polar surface area (TPSA) is 53.0 Å². The molecule has 1 rings (SSSR count). The number of ether oxygens (including phenoxy) is 1. The van der Waals surface area contributed by atoms with Crippen molar-refractivity contribution in [3.63, 3.8) is 0 Å². The van der Waals surface area contributed by atoms with Crippen LogP contribution in [-0.4, -0.2) is 66.4 Å². The molecule has 0 amide bonds. The van der Waals surface area contributed by atoms with E-state index in [4.69, 9.17) is 4.74 Å². The molecule has 5 nitrogen and oxygen atoms in total. The molecule has 0 aromatic rings. The first-order valence-corrected chi connectivity index (χ1v) is 5.89. The fourth-order valence-electron chi connectivity index (χ4n) is 1.76. The monoisotopic (exact) mass is 242 g/mol. The zero-order valence-electron chi connectivity index (χ0n) is 10.8. The maximum absolute atomic E-state index is 11.5. The van der Waals surface area contributed by atoms with Crippen LogP contribution in [0.1, 0.15) is 13.8 Å². The molecule has 5 heteroatoms. The highest BCUT2D eigenvalue weighted by Crippen LogP contribution is 2.12. The minimum Gasteiger partial charge on any atom is -0.440 e. The second-order valence-electron chi connectivity index (χ2n) is 4.66. The highest BCUT2D eigenvalue weighted by atomic mass is 16.6. The Balaban J connectivity index is 2.59. The smallest absolute Gasteiger partial charge is 0.334 e. The molecular formula is C12H22N2O3. The van der Waals surface area contributed by atoms with Crippen molar-refractivity contribution in [2.45, 2.75) is 26.2 Å². The number of nitrogens with zero attached hydrogens (tertiary/aromatic N) is 2. The van der Waals surface area contributed by atoms with Crippen LogP contribution in [-0.2, 0) is 9.53 Å². The highest BCUT2D eigenvalue weighted by molar-refractivity contribution is 5.87. The van der Waals surface area contributed by atoms with Crippen LogP contribution in [0.5, 0.6) is 0 Å². The first-order valence-electron chi connectivity index (χ1n) is 5.89. The minimum atomic E-state index is -0.707. The fraction of sp³-hybridized carbons (Fsp3) is 0.750. The molecular weight excluding hydrogens is 220 g/mol. The Kier molecular flexibility index (Phi) is 5.11. The Morgan fingerprint density at radius 3 is 2.29 bits per heavy atom. The third-order valence-electron chi connectivity index (χ3n) is 2.89. The summed E-state index contributed by atoms with van der Waals surface area (Å²) >= 11 is 0. The van der Waals surface area contributed by atoms with Crippen molar-refractivity contribution in [2.75, 3.05) is 33.2 Å². The lowest BCUT2D eigenvalue weighted by Gasteiger charge is -2.38. The Hall–Kier alpha value is -0.910. The van der Waals surface area contributed by atoms with E-state index in [2.05, 4.69) is 18.5 Å². The van der Waals surface area contributed by atoms with E-state index in [9.17, 15) is 9.90 Å². The van der Waals surface area contributed by atoms with Crippen molar-refractivity contribution < 1.29 is 14.6 Å². The maximum atomic E-state index is 11.5. The summed E-state index contributed by atoms with van der Waals surface area (Å²) in [7, 11) is 2.05. The molecule has 1 saturated heterocycles. The molecule has 0 saturated carbocycles. The molecule has 1 N–H and O–H groups in total. The first-order chi connectivity index (χ1) is 7.91. The lowest BCUT2D eigenvalue weighted by atomic mass is 10.2. The molecule has 0 aromatic heterocycles. The number of piperazine rings is 1. The maximum Gasteiger partial charge on any atom is 0.334 e. The number of aliphatic hydroxyl groups excluding tert-OH is 1. The van der Waals surface area contributed by atoms with Crippen molar-refractivity contribution in [1.82, 2.24) is 9.80 Å². The van der Waals surface area contributed by atoms with Gasteiger partial charge in [-0.1, -0.05) is 6.58 Å². The molecule has 2 unspecified atom stereocenters. The molecule has 17 heavy (non-hydrogen) atoms. The Labute approximate surface area is 103 Å². The number of esters is 1. The molecule has 0 spiro atoms. The highest BCUT2D eigenvalue weighted by Gasteiger charge is 2.29. The molecule has 0 aromatic carbocycles.